The average Bonchev–Trinajstić information content (AvgIpc) is 2.73. The zero-order chi connectivity index (χ0) is 21.2. The third kappa shape index (κ3) is 4.42. The highest BCUT2D eigenvalue weighted by molar-refractivity contribution is 7.93. The molecule has 29 heavy (non-hydrogen) atoms. The quantitative estimate of drug-likeness (QED) is 0.717. The largest absolute Gasteiger partial charge is 0.379 e. The molecule has 0 radical (unpaired) electrons. The molecule has 2 aromatic carbocycles. The number of amides is 1. The summed E-state index contributed by atoms with van der Waals surface area (Å²) in [5.74, 6) is 0.138. The summed E-state index contributed by atoms with van der Waals surface area (Å²) in [6, 6.07) is 13.1. The molecule has 2 atom stereocenters. The zero-order valence-corrected chi connectivity index (χ0v) is 18.3. The second-order valence-electron chi connectivity index (χ2n) is 7.24. The summed E-state index contributed by atoms with van der Waals surface area (Å²) in [7, 11) is -0.824. The van der Waals surface area contributed by atoms with Crippen molar-refractivity contribution in [2.75, 3.05) is 31.6 Å². The minimum atomic E-state index is -3.93. The van der Waals surface area contributed by atoms with Gasteiger partial charge in [0.1, 0.15) is 4.90 Å². The van der Waals surface area contributed by atoms with Gasteiger partial charge in [-0.2, -0.15) is 0 Å². The summed E-state index contributed by atoms with van der Waals surface area (Å²) in [6.45, 7) is 3.18. The Morgan fingerprint density at radius 1 is 1.21 bits per heavy atom. The molecule has 1 fully saturated rings. The highest BCUT2D eigenvalue weighted by Gasteiger charge is 2.31. The van der Waals surface area contributed by atoms with E-state index in [0.29, 0.717) is 30.3 Å². The van der Waals surface area contributed by atoms with Gasteiger partial charge < -0.3 is 9.64 Å². The van der Waals surface area contributed by atoms with Crippen LogP contribution in [0.2, 0.25) is 5.02 Å². The Bertz CT molecular complexity index is 981. The summed E-state index contributed by atoms with van der Waals surface area (Å²) in [5, 5.41) is 0.0753. The summed E-state index contributed by atoms with van der Waals surface area (Å²) >= 11 is 6.22. The molecule has 8 heteroatoms. The number of carbonyl (C=O) groups excluding carboxylic acids is 1. The minimum Gasteiger partial charge on any atom is -0.379 e. The van der Waals surface area contributed by atoms with Gasteiger partial charge in [-0.05, 0) is 42.7 Å². The topological polar surface area (TPSA) is 66.9 Å². The predicted molar refractivity (Wildman–Crippen MR) is 114 cm³/mol. The van der Waals surface area contributed by atoms with Crippen LogP contribution in [0.3, 0.4) is 0 Å². The molecule has 2 aromatic rings. The highest BCUT2D eigenvalue weighted by atomic mass is 35.5. The fourth-order valence-corrected chi connectivity index (χ4v) is 5.16. The number of ether oxygens (including phenoxy) is 1. The van der Waals surface area contributed by atoms with Crippen LogP contribution < -0.4 is 4.31 Å². The number of anilines is 1. The average molecular weight is 437 g/mol. The molecule has 0 spiro atoms. The number of methoxy groups -OCH3 is 1. The van der Waals surface area contributed by atoms with Crippen molar-refractivity contribution in [1.29, 1.82) is 0 Å². The molecule has 1 heterocycles. The van der Waals surface area contributed by atoms with Crippen LogP contribution in [0, 0.1) is 5.92 Å². The minimum absolute atomic E-state index is 0.0348. The highest BCUT2D eigenvalue weighted by Crippen LogP contribution is 2.29. The maximum absolute atomic E-state index is 13.1. The van der Waals surface area contributed by atoms with Crippen molar-refractivity contribution in [1.82, 2.24) is 4.90 Å². The van der Waals surface area contributed by atoms with E-state index in [1.165, 1.54) is 19.2 Å². The molecule has 156 valence electrons. The number of likely N-dealkylation sites (tertiary alicyclic amines) is 1. The van der Waals surface area contributed by atoms with Crippen LogP contribution in [0.4, 0.5) is 5.69 Å². The van der Waals surface area contributed by atoms with Crippen LogP contribution in [0.5, 0.6) is 0 Å². The second-order valence-corrected chi connectivity index (χ2v) is 9.59. The Labute approximate surface area is 177 Å². The number of halogens is 1. The van der Waals surface area contributed by atoms with Gasteiger partial charge in [-0.3, -0.25) is 9.10 Å². The molecule has 3 rings (SSSR count). The van der Waals surface area contributed by atoms with E-state index in [4.69, 9.17) is 16.3 Å². The Hall–Kier alpha value is -2.09. The molecule has 1 amide bonds. The first-order valence-corrected chi connectivity index (χ1v) is 11.2. The maximum atomic E-state index is 13.1. The summed E-state index contributed by atoms with van der Waals surface area (Å²) in [6.07, 6.45) is 0.798. The maximum Gasteiger partial charge on any atom is 0.265 e. The van der Waals surface area contributed by atoms with Crippen LogP contribution in [-0.4, -0.2) is 52.6 Å². The van der Waals surface area contributed by atoms with Crippen molar-refractivity contribution in [2.24, 2.45) is 5.92 Å². The second kappa shape index (κ2) is 8.73. The van der Waals surface area contributed by atoms with Gasteiger partial charge in [0.05, 0.1) is 16.8 Å². The lowest BCUT2D eigenvalue weighted by Crippen LogP contribution is -2.46. The SMILES string of the molecule is COC1CN(C(=O)c2ccc(Cl)c(S(=O)(=O)N(C)c3ccccc3)c2)CCC1C. The number of piperidine rings is 1. The van der Waals surface area contributed by atoms with Crippen LogP contribution in [0.25, 0.3) is 0 Å². The van der Waals surface area contributed by atoms with E-state index in [9.17, 15) is 13.2 Å². The van der Waals surface area contributed by atoms with Gasteiger partial charge in [0.15, 0.2) is 0 Å². The zero-order valence-electron chi connectivity index (χ0n) is 16.7. The Balaban J connectivity index is 1.91. The molecular weight excluding hydrogens is 412 g/mol. The molecule has 1 aliphatic heterocycles. The Morgan fingerprint density at radius 2 is 1.90 bits per heavy atom. The van der Waals surface area contributed by atoms with Gasteiger partial charge in [0, 0.05) is 32.8 Å². The molecule has 2 unspecified atom stereocenters. The van der Waals surface area contributed by atoms with E-state index in [1.807, 2.05) is 6.07 Å². The van der Waals surface area contributed by atoms with Gasteiger partial charge in [-0.25, -0.2) is 8.42 Å². The van der Waals surface area contributed by atoms with Crippen LogP contribution in [0.15, 0.2) is 53.4 Å². The molecular formula is C21H25ClN2O4S. The third-order valence-electron chi connectivity index (χ3n) is 5.42. The van der Waals surface area contributed by atoms with Gasteiger partial charge in [-0.15, -0.1) is 0 Å². The van der Waals surface area contributed by atoms with E-state index in [-0.39, 0.29) is 21.9 Å². The van der Waals surface area contributed by atoms with Crippen molar-refractivity contribution >= 4 is 33.2 Å². The fourth-order valence-electron chi connectivity index (χ4n) is 3.47. The van der Waals surface area contributed by atoms with Crippen molar-refractivity contribution in [3.63, 3.8) is 0 Å². The number of rotatable bonds is 5. The first-order valence-electron chi connectivity index (χ1n) is 9.41. The van der Waals surface area contributed by atoms with E-state index in [2.05, 4.69) is 6.92 Å². The lowest BCUT2D eigenvalue weighted by molar-refractivity contribution is -0.00157. The lowest BCUT2D eigenvalue weighted by atomic mass is 9.95. The van der Waals surface area contributed by atoms with E-state index >= 15 is 0 Å². The number of sulfonamides is 1. The number of nitrogens with zero attached hydrogens (tertiary/aromatic N) is 2. The van der Waals surface area contributed by atoms with Gasteiger partial charge in [-0.1, -0.05) is 36.7 Å². The lowest BCUT2D eigenvalue weighted by Gasteiger charge is -2.36. The number of para-hydroxylation sites is 1. The smallest absolute Gasteiger partial charge is 0.265 e. The van der Waals surface area contributed by atoms with Crippen molar-refractivity contribution in [2.45, 2.75) is 24.3 Å². The first-order chi connectivity index (χ1) is 13.8. The van der Waals surface area contributed by atoms with Crippen molar-refractivity contribution in [3.05, 3.63) is 59.1 Å². The van der Waals surface area contributed by atoms with Crippen molar-refractivity contribution in [3.8, 4) is 0 Å². The molecule has 0 aromatic heterocycles. The summed E-state index contributed by atoms with van der Waals surface area (Å²) in [5.41, 5.74) is 0.798. The van der Waals surface area contributed by atoms with Crippen LogP contribution in [-0.2, 0) is 14.8 Å². The molecule has 0 bridgehead atoms. The number of carbonyl (C=O) groups is 1. The molecule has 1 saturated heterocycles. The van der Waals surface area contributed by atoms with Gasteiger partial charge in [0.2, 0.25) is 0 Å². The molecule has 0 saturated carbocycles. The van der Waals surface area contributed by atoms with E-state index in [0.717, 1.165) is 10.7 Å². The number of hydrogen-bond donors (Lipinski definition) is 0. The van der Waals surface area contributed by atoms with Gasteiger partial charge in [0.25, 0.3) is 15.9 Å². The number of benzene rings is 2. The Kier molecular flexibility index (Phi) is 6.51. The first kappa shape index (κ1) is 21.6. The molecule has 6 nitrogen and oxygen atoms in total. The molecule has 1 aliphatic rings. The van der Waals surface area contributed by atoms with Crippen LogP contribution >= 0.6 is 11.6 Å². The summed E-state index contributed by atoms with van der Waals surface area (Å²) in [4.78, 5) is 14.6. The normalized spacial score (nSPS) is 19.8. The molecule has 0 N–H and O–H groups in total. The van der Waals surface area contributed by atoms with Crippen molar-refractivity contribution < 1.29 is 17.9 Å². The van der Waals surface area contributed by atoms with Gasteiger partial charge >= 0.3 is 0 Å². The third-order valence-corrected chi connectivity index (χ3v) is 7.68. The van der Waals surface area contributed by atoms with E-state index in [1.54, 1.807) is 42.3 Å². The monoisotopic (exact) mass is 436 g/mol. The summed E-state index contributed by atoms with van der Waals surface area (Å²) < 4.78 is 32.9. The predicted octanol–water partition coefficient (Wildman–Crippen LogP) is 3.66. The van der Waals surface area contributed by atoms with Crippen LogP contribution in [0.1, 0.15) is 23.7 Å². The fraction of sp³-hybridized carbons (Fsp3) is 0.381. The Morgan fingerprint density at radius 3 is 2.55 bits per heavy atom. The van der Waals surface area contributed by atoms with E-state index < -0.39 is 10.0 Å². The molecule has 0 aliphatic carbocycles. The number of hydrogen-bond acceptors (Lipinski definition) is 4. The standard InChI is InChI=1S/C21H25ClN2O4S/c1-15-11-12-24(14-19(15)28-3)21(25)16-9-10-18(22)20(13-16)29(26,27)23(2)17-7-5-4-6-8-17/h4-10,13,15,19H,11-12,14H2,1-3H3.